The molecule has 0 amide bonds. The van der Waals surface area contributed by atoms with E-state index in [0.29, 0.717) is 6.54 Å². The van der Waals surface area contributed by atoms with E-state index in [9.17, 15) is 5.11 Å². The number of nitrogens with two attached hydrogens (primary N) is 1. The molecule has 0 radical (unpaired) electrons. The highest BCUT2D eigenvalue weighted by Crippen LogP contribution is 2.32. The third kappa shape index (κ3) is 3.51. The minimum atomic E-state index is -0.568. The molecule has 1 aromatic carbocycles. The Balaban J connectivity index is 1.94. The molecule has 100 valence electrons. The molecule has 4 N–H and O–H groups in total. The summed E-state index contributed by atoms with van der Waals surface area (Å²) in [4.78, 5) is 0. The highest BCUT2D eigenvalue weighted by molar-refractivity contribution is 14.1. The van der Waals surface area contributed by atoms with Gasteiger partial charge in [0.05, 0.1) is 17.0 Å². The van der Waals surface area contributed by atoms with Gasteiger partial charge >= 0.3 is 0 Å². The molecule has 2 rings (SSSR count). The highest BCUT2D eigenvalue weighted by Gasteiger charge is 2.31. The summed E-state index contributed by atoms with van der Waals surface area (Å²) in [6.07, 6.45) is 3.98. The van der Waals surface area contributed by atoms with Gasteiger partial charge in [-0.1, -0.05) is 6.92 Å². The maximum Gasteiger partial charge on any atom is 0.0819 e. The van der Waals surface area contributed by atoms with Crippen LogP contribution in [-0.4, -0.2) is 17.3 Å². The number of nitrogen functional groups attached to an aromatic ring is 1. The summed E-state index contributed by atoms with van der Waals surface area (Å²) in [6.45, 7) is 2.84. The zero-order valence-corrected chi connectivity index (χ0v) is 12.9. The van der Waals surface area contributed by atoms with Crippen molar-refractivity contribution in [2.45, 2.75) is 38.2 Å². The van der Waals surface area contributed by atoms with Crippen molar-refractivity contribution in [2.24, 2.45) is 5.92 Å². The fraction of sp³-hybridized carbons (Fsp3) is 0.571. The van der Waals surface area contributed by atoms with Crippen LogP contribution in [0.2, 0.25) is 0 Å². The van der Waals surface area contributed by atoms with Crippen LogP contribution in [0.3, 0.4) is 0 Å². The van der Waals surface area contributed by atoms with Crippen LogP contribution in [0, 0.1) is 9.49 Å². The Labute approximate surface area is 122 Å². The lowest BCUT2D eigenvalue weighted by atomic mass is 9.79. The topological polar surface area (TPSA) is 58.3 Å². The number of halogens is 1. The molecule has 1 aromatic rings. The molecule has 3 nitrogen and oxygen atoms in total. The van der Waals surface area contributed by atoms with Gasteiger partial charge in [-0.15, -0.1) is 0 Å². The molecule has 0 heterocycles. The average molecular weight is 360 g/mol. The molecule has 1 saturated carbocycles. The first-order chi connectivity index (χ1) is 8.48. The molecule has 1 aliphatic rings. The van der Waals surface area contributed by atoms with Gasteiger partial charge in [-0.25, -0.2) is 0 Å². The normalized spacial score (nSPS) is 28.1. The molecule has 0 aromatic heterocycles. The Morgan fingerprint density at radius 2 is 2.11 bits per heavy atom. The van der Waals surface area contributed by atoms with Crippen molar-refractivity contribution in [1.29, 1.82) is 0 Å². The van der Waals surface area contributed by atoms with Crippen LogP contribution in [0.4, 0.5) is 11.4 Å². The number of hydrogen-bond donors (Lipinski definition) is 3. The summed E-state index contributed by atoms with van der Waals surface area (Å²) in [7, 11) is 0. The van der Waals surface area contributed by atoms with E-state index in [1.54, 1.807) is 0 Å². The second kappa shape index (κ2) is 5.65. The van der Waals surface area contributed by atoms with Crippen molar-refractivity contribution >= 4 is 34.0 Å². The molecule has 0 unspecified atom stereocenters. The lowest BCUT2D eigenvalue weighted by Crippen LogP contribution is -2.40. The fourth-order valence-electron chi connectivity index (χ4n) is 2.43. The number of hydrogen-bond acceptors (Lipinski definition) is 3. The predicted molar refractivity (Wildman–Crippen MR) is 84.6 cm³/mol. The molecule has 1 fully saturated rings. The summed E-state index contributed by atoms with van der Waals surface area (Å²) in [5, 5.41) is 13.8. The molecule has 0 spiro atoms. The van der Waals surface area contributed by atoms with Crippen LogP contribution in [-0.2, 0) is 0 Å². The van der Waals surface area contributed by atoms with Crippen molar-refractivity contribution < 1.29 is 5.11 Å². The smallest absolute Gasteiger partial charge is 0.0819 e. The minimum Gasteiger partial charge on any atom is -0.397 e. The lowest BCUT2D eigenvalue weighted by Gasteiger charge is -2.35. The van der Waals surface area contributed by atoms with Gasteiger partial charge in [0.25, 0.3) is 0 Å². The molecule has 1 aliphatic carbocycles. The van der Waals surface area contributed by atoms with E-state index in [1.165, 1.54) is 0 Å². The second-order valence-corrected chi connectivity index (χ2v) is 6.74. The lowest BCUT2D eigenvalue weighted by molar-refractivity contribution is 0.00502. The van der Waals surface area contributed by atoms with Crippen LogP contribution >= 0.6 is 22.6 Å². The van der Waals surface area contributed by atoms with Gasteiger partial charge in [0.2, 0.25) is 0 Å². The van der Waals surface area contributed by atoms with E-state index in [1.807, 2.05) is 18.2 Å². The highest BCUT2D eigenvalue weighted by atomic mass is 127. The molecule has 0 bridgehead atoms. The minimum absolute atomic E-state index is 0.568. The maximum absolute atomic E-state index is 10.5. The number of aliphatic hydroxyl groups is 1. The Kier molecular flexibility index (Phi) is 4.37. The molecule has 0 atom stereocenters. The zero-order valence-electron chi connectivity index (χ0n) is 10.7. The van der Waals surface area contributed by atoms with Gasteiger partial charge in [-0.2, -0.15) is 0 Å². The van der Waals surface area contributed by atoms with Gasteiger partial charge < -0.3 is 16.2 Å². The molecule has 18 heavy (non-hydrogen) atoms. The molecule has 4 heteroatoms. The first kappa shape index (κ1) is 13.9. The van der Waals surface area contributed by atoms with Crippen LogP contribution in [0.5, 0.6) is 0 Å². The summed E-state index contributed by atoms with van der Waals surface area (Å²) in [6, 6.07) is 5.94. The van der Waals surface area contributed by atoms with Gasteiger partial charge in [0.1, 0.15) is 0 Å². The third-order valence-corrected chi connectivity index (χ3v) is 4.50. The summed E-state index contributed by atoms with van der Waals surface area (Å²) >= 11 is 2.24. The van der Waals surface area contributed by atoms with Crippen LogP contribution in [0.15, 0.2) is 18.2 Å². The quantitative estimate of drug-likeness (QED) is 0.573. The van der Waals surface area contributed by atoms with E-state index >= 15 is 0 Å². The monoisotopic (exact) mass is 360 g/mol. The summed E-state index contributed by atoms with van der Waals surface area (Å²) < 4.78 is 1.13. The fourth-order valence-corrected chi connectivity index (χ4v) is 2.95. The van der Waals surface area contributed by atoms with Crippen LogP contribution < -0.4 is 11.1 Å². The number of nitrogens with one attached hydrogen (secondary N) is 1. The van der Waals surface area contributed by atoms with Gasteiger partial charge in [0, 0.05) is 10.1 Å². The average Bonchev–Trinajstić information content (AvgIpc) is 2.32. The van der Waals surface area contributed by atoms with Crippen molar-refractivity contribution in [3.8, 4) is 0 Å². The number of benzene rings is 1. The van der Waals surface area contributed by atoms with Crippen molar-refractivity contribution in [2.75, 3.05) is 17.6 Å². The van der Waals surface area contributed by atoms with Crippen molar-refractivity contribution in [3.63, 3.8) is 0 Å². The van der Waals surface area contributed by atoms with E-state index < -0.39 is 5.60 Å². The largest absolute Gasteiger partial charge is 0.397 e. The Morgan fingerprint density at radius 1 is 1.44 bits per heavy atom. The van der Waals surface area contributed by atoms with Crippen LogP contribution in [0.1, 0.15) is 32.6 Å². The third-order valence-electron chi connectivity index (χ3n) is 3.83. The summed E-state index contributed by atoms with van der Waals surface area (Å²) in [5.41, 5.74) is 7.05. The van der Waals surface area contributed by atoms with Gasteiger partial charge in [-0.05, 0) is 72.4 Å². The maximum atomic E-state index is 10.5. The second-order valence-electron chi connectivity index (χ2n) is 5.49. The Morgan fingerprint density at radius 3 is 2.72 bits per heavy atom. The first-order valence-electron chi connectivity index (χ1n) is 6.50. The van der Waals surface area contributed by atoms with Gasteiger partial charge in [0.15, 0.2) is 0 Å². The van der Waals surface area contributed by atoms with E-state index in [2.05, 4.69) is 34.8 Å². The number of anilines is 2. The predicted octanol–water partition coefficient (Wildman–Crippen LogP) is 3.23. The van der Waals surface area contributed by atoms with Crippen molar-refractivity contribution in [3.05, 3.63) is 21.8 Å². The standard InChI is InChI=1S/C14H21IN2O/c1-10-4-6-14(18,7-5-10)9-17-13-3-2-11(15)8-12(13)16/h2-3,8,10,17-18H,4-7,9,16H2,1H3. The molecule has 0 aliphatic heterocycles. The zero-order chi connectivity index (χ0) is 13.2. The van der Waals surface area contributed by atoms with E-state index in [4.69, 9.17) is 5.73 Å². The summed E-state index contributed by atoms with van der Waals surface area (Å²) in [5.74, 6) is 0.744. The SMILES string of the molecule is CC1CCC(O)(CNc2ccc(I)cc2N)CC1. The first-order valence-corrected chi connectivity index (χ1v) is 7.58. The van der Waals surface area contributed by atoms with Crippen molar-refractivity contribution in [1.82, 2.24) is 0 Å². The van der Waals surface area contributed by atoms with E-state index in [-0.39, 0.29) is 0 Å². The molecular formula is C14H21IN2O. The number of rotatable bonds is 3. The Bertz CT molecular complexity index is 414. The van der Waals surface area contributed by atoms with E-state index in [0.717, 1.165) is 46.5 Å². The molecule has 0 saturated heterocycles. The Hall–Kier alpha value is -0.490. The molecular weight excluding hydrogens is 339 g/mol. The van der Waals surface area contributed by atoms with Gasteiger partial charge in [-0.3, -0.25) is 0 Å². The van der Waals surface area contributed by atoms with Crippen LogP contribution in [0.25, 0.3) is 0 Å².